The molecule has 0 bridgehead atoms. The van der Waals surface area contributed by atoms with Gasteiger partial charge < -0.3 is 10.1 Å². The van der Waals surface area contributed by atoms with E-state index in [4.69, 9.17) is 16.3 Å². The van der Waals surface area contributed by atoms with Gasteiger partial charge in [-0.15, -0.1) is 0 Å². The van der Waals surface area contributed by atoms with E-state index in [0.717, 1.165) is 11.4 Å². The van der Waals surface area contributed by atoms with Crippen molar-refractivity contribution in [3.63, 3.8) is 0 Å². The molecular weight excluding hydrogens is 394 g/mol. The third kappa shape index (κ3) is 4.93. The highest BCUT2D eigenvalue weighted by molar-refractivity contribution is 6.33. The van der Waals surface area contributed by atoms with Crippen LogP contribution in [-0.4, -0.2) is 38.3 Å². The predicted molar refractivity (Wildman–Crippen MR) is 108 cm³/mol. The lowest BCUT2D eigenvalue weighted by Crippen LogP contribution is -2.52. The summed E-state index contributed by atoms with van der Waals surface area (Å²) in [5.41, 5.74) is 0.444. The van der Waals surface area contributed by atoms with Gasteiger partial charge in [-0.2, -0.15) is 10.4 Å². The van der Waals surface area contributed by atoms with Crippen LogP contribution in [-0.2, 0) is 9.53 Å². The van der Waals surface area contributed by atoms with Crippen molar-refractivity contribution in [1.29, 1.82) is 5.26 Å². The summed E-state index contributed by atoms with van der Waals surface area (Å²) in [5.74, 6) is -1.15. The summed E-state index contributed by atoms with van der Waals surface area (Å²) >= 11 is 6.12. The van der Waals surface area contributed by atoms with E-state index in [1.165, 1.54) is 13.0 Å². The minimum absolute atomic E-state index is 0.0944. The fourth-order valence-corrected chi connectivity index (χ4v) is 2.67. The van der Waals surface area contributed by atoms with Crippen molar-refractivity contribution in [3.05, 3.63) is 40.3 Å². The number of halogens is 1. The molecule has 2 rings (SSSR count). The number of aryl methyl sites for hydroxylation is 2. The van der Waals surface area contributed by atoms with Crippen LogP contribution in [0.15, 0.2) is 18.2 Å². The van der Waals surface area contributed by atoms with Gasteiger partial charge in [-0.25, -0.2) is 14.5 Å². The van der Waals surface area contributed by atoms with Gasteiger partial charge >= 0.3 is 5.97 Å². The number of nitrogens with one attached hydrogen (secondary N) is 1. The minimum Gasteiger partial charge on any atom is -0.448 e. The highest BCUT2D eigenvalue weighted by Crippen LogP contribution is 2.20. The first kappa shape index (κ1) is 22.4. The van der Waals surface area contributed by atoms with Crippen LogP contribution in [0.2, 0.25) is 5.02 Å². The quantitative estimate of drug-likeness (QED) is 0.723. The molecule has 0 radical (unpaired) electrons. The largest absolute Gasteiger partial charge is 0.448 e. The molecule has 8 nitrogen and oxygen atoms in total. The van der Waals surface area contributed by atoms with Crippen molar-refractivity contribution in [2.75, 3.05) is 0 Å². The number of amides is 1. The Hall–Kier alpha value is -2.92. The van der Waals surface area contributed by atoms with Gasteiger partial charge in [0.2, 0.25) is 0 Å². The number of hydrogen-bond donors (Lipinski definition) is 1. The molecule has 2 unspecified atom stereocenters. The zero-order valence-electron chi connectivity index (χ0n) is 17.3. The summed E-state index contributed by atoms with van der Waals surface area (Å²) in [5, 5.41) is 16.4. The first-order chi connectivity index (χ1) is 13.5. The average molecular weight is 418 g/mol. The molecule has 0 fully saturated rings. The molecule has 0 saturated heterocycles. The highest BCUT2D eigenvalue weighted by atomic mass is 35.5. The summed E-state index contributed by atoms with van der Waals surface area (Å²) in [7, 11) is 0. The normalized spacial score (nSPS) is 14.0. The van der Waals surface area contributed by atoms with Crippen molar-refractivity contribution in [1.82, 2.24) is 20.1 Å². The van der Waals surface area contributed by atoms with Gasteiger partial charge in [-0.3, -0.25) is 4.79 Å². The number of hydrogen-bond acceptors (Lipinski definition) is 6. The van der Waals surface area contributed by atoms with Crippen LogP contribution in [0.4, 0.5) is 0 Å². The SMILES string of the molecule is Cc1cc(C)n(-c2ccc(Cl)c(C(=O)OC(C)C(=O)NC(C)(C#N)C(C)C)n2)n1. The van der Waals surface area contributed by atoms with Crippen molar-refractivity contribution in [3.8, 4) is 11.9 Å². The Morgan fingerprint density at radius 2 is 1.97 bits per heavy atom. The Morgan fingerprint density at radius 1 is 1.31 bits per heavy atom. The second-order valence-corrected chi connectivity index (χ2v) is 7.75. The predicted octanol–water partition coefficient (Wildman–Crippen LogP) is 3.14. The number of pyridine rings is 1. The number of carbonyl (C=O) groups excluding carboxylic acids is 2. The third-order valence-corrected chi connectivity index (χ3v) is 4.98. The Labute approximate surface area is 174 Å². The zero-order chi connectivity index (χ0) is 21.9. The van der Waals surface area contributed by atoms with E-state index >= 15 is 0 Å². The van der Waals surface area contributed by atoms with E-state index in [9.17, 15) is 14.9 Å². The molecule has 0 aromatic carbocycles. The average Bonchev–Trinajstić information content (AvgIpc) is 2.99. The van der Waals surface area contributed by atoms with Gasteiger partial charge in [0, 0.05) is 5.69 Å². The lowest BCUT2D eigenvalue weighted by atomic mass is 9.90. The zero-order valence-corrected chi connectivity index (χ0v) is 18.0. The topological polar surface area (TPSA) is 110 Å². The maximum absolute atomic E-state index is 12.6. The number of aromatic nitrogens is 3. The Morgan fingerprint density at radius 3 is 2.48 bits per heavy atom. The summed E-state index contributed by atoms with van der Waals surface area (Å²) < 4.78 is 6.82. The molecular formula is C20H24ClN5O3. The number of esters is 1. The van der Waals surface area contributed by atoms with Crippen LogP contribution in [0.1, 0.15) is 49.6 Å². The van der Waals surface area contributed by atoms with Crippen LogP contribution < -0.4 is 5.32 Å². The van der Waals surface area contributed by atoms with Crippen LogP contribution in [0.3, 0.4) is 0 Å². The van der Waals surface area contributed by atoms with Gasteiger partial charge in [0.1, 0.15) is 5.54 Å². The number of nitriles is 1. The maximum atomic E-state index is 12.6. The van der Waals surface area contributed by atoms with Crippen molar-refractivity contribution in [2.24, 2.45) is 5.92 Å². The molecule has 0 aliphatic carbocycles. The van der Waals surface area contributed by atoms with Crippen molar-refractivity contribution in [2.45, 2.75) is 53.2 Å². The molecule has 154 valence electrons. The Kier molecular flexibility index (Phi) is 6.65. The Balaban J connectivity index is 2.20. The van der Waals surface area contributed by atoms with Gasteiger partial charge in [0.05, 0.1) is 16.8 Å². The number of rotatable bonds is 6. The molecule has 2 atom stereocenters. The molecule has 1 N–H and O–H groups in total. The number of nitrogens with zero attached hydrogens (tertiary/aromatic N) is 4. The standard InChI is InChI=1S/C20H24ClN5O3/c1-11(2)20(6,10-22)24-18(27)14(5)29-19(28)17-15(21)7-8-16(23-17)26-13(4)9-12(3)25-26/h7-9,11,14H,1-6H3,(H,24,27). The van der Waals surface area contributed by atoms with Crippen LogP contribution in [0.25, 0.3) is 5.82 Å². The monoisotopic (exact) mass is 417 g/mol. The Bertz CT molecular complexity index is 979. The molecule has 29 heavy (non-hydrogen) atoms. The van der Waals surface area contributed by atoms with Crippen LogP contribution in [0.5, 0.6) is 0 Å². The molecule has 9 heteroatoms. The third-order valence-electron chi connectivity index (χ3n) is 4.67. The maximum Gasteiger partial charge on any atom is 0.359 e. The van der Waals surface area contributed by atoms with E-state index in [1.54, 1.807) is 17.7 Å². The molecule has 2 aromatic heterocycles. The highest BCUT2D eigenvalue weighted by Gasteiger charge is 2.33. The number of ether oxygens (including phenoxy) is 1. The van der Waals surface area contributed by atoms with Gasteiger partial charge in [-0.05, 0) is 51.8 Å². The summed E-state index contributed by atoms with van der Waals surface area (Å²) in [6.45, 7) is 10.4. The van der Waals surface area contributed by atoms with Gasteiger partial charge in [0.15, 0.2) is 17.6 Å². The second-order valence-electron chi connectivity index (χ2n) is 7.34. The van der Waals surface area contributed by atoms with Gasteiger partial charge in [0.25, 0.3) is 5.91 Å². The number of carbonyl (C=O) groups is 2. The fraction of sp³-hybridized carbons (Fsp3) is 0.450. The van der Waals surface area contributed by atoms with E-state index in [2.05, 4.69) is 21.5 Å². The van der Waals surface area contributed by atoms with Crippen LogP contribution in [0, 0.1) is 31.1 Å². The minimum atomic E-state index is -1.14. The molecule has 0 aliphatic rings. The van der Waals surface area contributed by atoms with Crippen LogP contribution >= 0.6 is 11.6 Å². The fourth-order valence-electron chi connectivity index (χ4n) is 2.48. The summed E-state index contributed by atoms with van der Waals surface area (Å²) in [6.07, 6.45) is -1.14. The summed E-state index contributed by atoms with van der Waals surface area (Å²) in [6, 6.07) is 7.11. The van der Waals surface area contributed by atoms with Gasteiger partial charge in [-0.1, -0.05) is 25.4 Å². The van der Waals surface area contributed by atoms with E-state index in [0.29, 0.717) is 5.82 Å². The van der Waals surface area contributed by atoms with Crippen molar-refractivity contribution < 1.29 is 14.3 Å². The van der Waals surface area contributed by atoms with E-state index < -0.39 is 23.5 Å². The molecule has 0 saturated carbocycles. The second kappa shape index (κ2) is 8.62. The first-order valence-electron chi connectivity index (χ1n) is 9.13. The van der Waals surface area contributed by atoms with E-state index in [1.807, 2.05) is 33.8 Å². The van der Waals surface area contributed by atoms with E-state index in [-0.39, 0.29) is 16.6 Å². The molecule has 2 aromatic rings. The molecule has 0 aliphatic heterocycles. The lowest BCUT2D eigenvalue weighted by molar-refractivity contribution is -0.130. The smallest absolute Gasteiger partial charge is 0.359 e. The lowest BCUT2D eigenvalue weighted by Gasteiger charge is -2.28. The first-order valence-corrected chi connectivity index (χ1v) is 9.50. The molecule has 1 amide bonds. The van der Waals surface area contributed by atoms with Crippen molar-refractivity contribution >= 4 is 23.5 Å². The molecule has 2 heterocycles. The molecule has 0 spiro atoms. The summed E-state index contributed by atoms with van der Waals surface area (Å²) in [4.78, 5) is 29.2.